The largest absolute Gasteiger partial charge is 0.493 e. The van der Waals surface area contributed by atoms with Crippen LogP contribution in [0.25, 0.3) is 0 Å². The molecular formula is C19H30IN3O. The molecule has 24 heavy (non-hydrogen) atoms. The fourth-order valence-corrected chi connectivity index (χ4v) is 3.10. The lowest BCUT2D eigenvalue weighted by Gasteiger charge is -2.25. The van der Waals surface area contributed by atoms with Crippen molar-refractivity contribution < 1.29 is 4.74 Å². The summed E-state index contributed by atoms with van der Waals surface area (Å²) >= 11 is 0. The fourth-order valence-electron chi connectivity index (χ4n) is 3.10. The van der Waals surface area contributed by atoms with E-state index in [1.54, 1.807) is 0 Å². The average Bonchev–Trinajstić information content (AvgIpc) is 3.43. The summed E-state index contributed by atoms with van der Waals surface area (Å²) in [6.45, 7) is 1.60. The normalized spacial score (nSPS) is 18.6. The van der Waals surface area contributed by atoms with Crippen LogP contribution in [0.15, 0.2) is 29.3 Å². The van der Waals surface area contributed by atoms with Gasteiger partial charge in [-0.25, -0.2) is 0 Å². The zero-order chi connectivity index (χ0) is 15.9. The molecule has 0 amide bonds. The van der Waals surface area contributed by atoms with Gasteiger partial charge >= 0.3 is 0 Å². The van der Waals surface area contributed by atoms with Crippen molar-refractivity contribution in [2.24, 2.45) is 10.9 Å². The summed E-state index contributed by atoms with van der Waals surface area (Å²) < 4.78 is 5.98. The summed E-state index contributed by atoms with van der Waals surface area (Å²) in [5.74, 6) is 2.67. The van der Waals surface area contributed by atoms with Gasteiger partial charge in [-0.05, 0) is 37.7 Å². The molecular weight excluding hydrogens is 413 g/mol. The molecule has 2 fully saturated rings. The van der Waals surface area contributed by atoms with Crippen LogP contribution < -0.4 is 15.4 Å². The number of benzene rings is 1. The number of aliphatic imine (C=N–C) groups is 1. The highest BCUT2D eigenvalue weighted by Gasteiger charge is 2.22. The van der Waals surface area contributed by atoms with Gasteiger partial charge in [0.2, 0.25) is 0 Å². The second-order valence-corrected chi connectivity index (χ2v) is 6.77. The van der Waals surface area contributed by atoms with Gasteiger partial charge in [0.1, 0.15) is 5.75 Å². The van der Waals surface area contributed by atoms with Crippen LogP contribution in [0.3, 0.4) is 0 Å². The molecule has 0 aliphatic heterocycles. The number of nitrogens with one attached hydrogen (secondary N) is 2. The number of nitrogens with zero attached hydrogens (tertiary/aromatic N) is 1. The highest BCUT2D eigenvalue weighted by Crippen LogP contribution is 2.30. The number of ether oxygens (including phenoxy) is 1. The SMILES string of the molecule is CN=C(NCc1ccccc1OCC1CC1)NC1CCCCC1.I. The van der Waals surface area contributed by atoms with E-state index in [0.29, 0.717) is 6.04 Å². The topological polar surface area (TPSA) is 45.7 Å². The highest BCUT2D eigenvalue weighted by molar-refractivity contribution is 14.0. The molecule has 2 saturated carbocycles. The number of halogens is 1. The molecule has 2 aliphatic carbocycles. The van der Waals surface area contributed by atoms with Crippen molar-refractivity contribution >= 4 is 29.9 Å². The van der Waals surface area contributed by atoms with E-state index in [4.69, 9.17) is 4.74 Å². The van der Waals surface area contributed by atoms with Crippen molar-refractivity contribution in [2.75, 3.05) is 13.7 Å². The van der Waals surface area contributed by atoms with Crippen molar-refractivity contribution in [2.45, 2.75) is 57.5 Å². The third-order valence-corrected chi connectivity index (χ3v) is 4.76. The summed E-state index contributed by atoms with van der Waals surface area (Å²) in [5, 5.41) is 6.99. The van der Waals surface area contributed by atoms with E-state index in [9.17, 15) is 0 Å². The van der Waals surface area contributed by atoms with Crippen LogP contribution in [-0.4, -0.2) is 25.7 Å². The minimum absolute atomic E-state index is 0. The lowest BCUT2D eigenvalue weighted by atomic mass is 9.96. The minimum atomic E-state index is 0. The molecule has 0 atom stereocenters. The number of para-hydroxylation sites is 1. The third-order valence-electron chi connectivity index (χ3n) is 4.76. The van der Waals surface area contributed by atoms with Crippen LogP contribution >= 0.6 is 24.0 Å². The van der Waals surface area contributed by atoms with E-state index in [1.165, 1.54) is 50.5 Å². The molecule has 134 valence electrons. The summed E-state index contributed by atoms with van der Waals surface area (Å²) in [5.41, 5.74) is 1.19. The van der Waals surface area contributed by atoms with Gasteiger partial charge in [-0.3, -0.25) is 4.99 Å². The zero-order valence-electron chi connectivity index (χ0n) is 14.6. The Morgan fingerprint density at radius 1 is 1.12 bits per heavy atom. The fraction of sp³-hybridized carbons (Fsp3) is 0.632. The van der Waals surface area contributed by atoms with Gasteiger partial charge in [0, 0.05) is 25.2 Å². The Morgan fingerprint density at radius 3 is 2.58 bits per heavy atom. The highest BCUT2D eigenvalue weighted by atomic mass is 127. The summed E-state index contributed by atoms with van der Waals surface area (Å²) in [4.78, 5) is 4.36. The standard InChI is InChI=1S/C19H29N3O.HI/c1-20-19(22-17-8-3-2-4-9-17)21-13-16-7-5-6-10-18(16)23-14-15-11-12-15;/h5-7,10,15,17H,2-4,8-9,11-14H2,1H3,(H2,20,21,22);1H. The van der Waals surface area contributed by atoms with Crippen molar-refractivity contribution in [3.8, 4) is 5.75 Å². The maximum Gasteiger partial charge on any atom is 0.191 e. The van der Waals surface area contributed by atoms with E-state index in [2.05, 4.69) is 33.8 Å². The molecule has 0 heterocycles. The zero-order valence-corrected chi connectivity index (χ0v) is 16.9. The van der Waals surface area contributed by atoms with Crippen LogP contribution in [0.5, 0.6) is 5.75 Å². The molecule has 2 aliphatic rings. The van der Waals surface area contributed by atoms with E-state index in [-0.39, 0.29) is 24.0 Å². The van der Waals surface area contributed by atoms with Crippen LogP contribution in [0.2, 0.25) is 0 Å². The van der Waals surface area contributed by atoms with Crippen molar-refractivity contribution in [1.29, 1.82) is 0 Å². The molecule has 5 heteroatoms. The molecule has 2 N–H and O–H groups in total. The summed E-state index contributed by atoms with van der Waals surface area (Å²) in [6.07, 6.45) is 9.16. The first-order valence-electron chi connectivity index (χ1n) is 9.03. The van der Waals surface area contributed by atoms with Crippen LogP contribution in [0.4, 0.5) is 0 Å². The molecule has 0 radical (unpaired) electrons. The Bertz CT molecular complexity index is 525. The third kappa shape index (κ3) is 6.15. The molecule has 1 aromatic carbocycles. The molecule has 4 nitrogen and oxygen atoms in total. The van der Waals surface area contributed by atoms with Crippen LogP contribution in [0.1, 0.15) is 50.5 Å². The minimum Gasteiger partial charge on any atom is -0.493 e. The second-order valence-electron chi connectivity index (χ2n) is 6.77. The smallest absolute Gasteiger partial charge is 0.191 e. The monoisotopic (exact) mass is 443 g/mol. The second kappa shape index (κ2) is 10.1. The first kappa shape index (κ1) is 19.3. The van der Waals surface area contributed by atoms with Crippen molar-refractivity contribution in [3.63, 3.8) is 0 Å². The van der Waals surface area contributed by atoms with Crippen molar-refractivity contribution in [1.82, 2.24) is 10.6 Å². The lowest BCUT2D eigenvalue weighted by molar-refractivity contribution is 0.296. The Morgan fingerprint density at radius 2 is 1.88 bits per heavy atom. The van der Waals surface area contributed by atoms with Gasteiger partial charge in [0.05, 0.1) is 6.61 Å². The molecule has 0 unspecified atom stereocenters. The van der Waals surface area contributed by atoms with E-state index < -0.39 is 0 Å². The first-order valence-corrected chi connectivity index (χ1v) is 9.03. The Hall–Kier alpha value is -0.980. The predicted molar refractivity (Wildman–Crippen MR) is 110 cm³/mol. The van der Waals surface area contributed by atoms with Gasteiger partial charge in [-0.1, -0.05) is 37.5 Å². The Kier molecular flexibility index (Phi) is 8.15. The van der Waals surface area contributed by atoms with Gasteiger partial charge < -0.3 is 15.4 Å². The first-order chi connectivity index (χ1) is 11.3. The average molecular weight is 443 g/mol. The van der Waals surface area contributed by atoms with Crippen molar-refractivity contribution in [3.05, 3.63) is 29.8 Å². The molecule has 3 rings (SSSR count). The molecule has 0 saturated heterocycles. The van der Waals surface area contributed by atoms with E-state index in [0.717, 1.165) is 30.8 Å². The lowest BCUT2D eigenvalue weighted by Crippen LogP contribution is -2.43. The van der Waals surface area contributed by atoms with Gasteiger partial charge in [0.25, 0.3) is 0 Å². The molecule has 0 bridgehead atoms. The van der Waals surface area contributed by atoms with Gasteiger partial charge in [-0.2, -0.15) is 0 Å². The van der Waals surface area contributed by atoms with Gasteiger partial charge in [-0.15, -0.1) is 24.0 Å². The molecule has 1 aromatic rings. The molecule has 0 aromatic heterocycles. The quantitative estimate of drug-likeness (QED) is 0.396. The van der Waals surface area contributed by atoms with E-state index in [1.807, 2.05) is 13.1 Å². The predicted octanol–water partition coefficient (Wildman–Crippen LogP) is 4.09. The summed E-state index contributed by atoms with van der Waals surface area (Å²) in [6, 6.07) is 8.87. The number of hydrogen-bond acceptors (Lipinski definition) is 2. The number of rotatable bonds is 6. The van der Waals surface area contributed by atoms with Crippen LogP contribution in [0, 0.1) is 5.92 Å². The number of guanidine groups is 1. The van der Waals surface area contributed by atoms with Crippen LogP contribution in [-0.2, 0) is 6.54 Å². The number of hydrogen-bond donors (Lipinski definition) is 2. The van der Waals surface area contributed by atoms with Gasteiger partial charge in [0.15, 0.2) is 5.96 Å². The maximum atomic E-state index is 5.98. The van der Waals surface area contributed by atoms with E-state index >= 15 is 0 Å². The Balaban J connectivity index is 0.00000208. The molecule has 0 spiro atoms. The maximum absolute atomic E-state index is 5.98. The summed E-state index contributed by atoms with van der Waals surface area (Å²) in [7, 11) is 1.84. The Labute approximate surface area is 162 Å².